The Morgan fingerprint density at radius 3 is 1.94 bits per heavy atom. The van der Waals surface area contributed by atoms with Crippen molar-refractivity contribution in [2.75, 3.05) is 16.4 Å². The first kappa shape index (κ1) is 24.6. The summed E-state index contributed by atoms with van der Waals surface area (Å²) in [6.45, 7) is 1.37. The van der Waals surface area contributed by atoms with Crippen LogP contribution in [0.5, 0.6) is 0 Å². The van der Waals surface area contributed by atoms with E-state index in [0.717, 1.165) is 6.07 Å². The number of anilines is 4. The average molecular weight is 474 g/mol. The van der Waals surface area contributed by atoms with E-state index in [4.69, 9.17) is 5.73 Å². The van der Waals surface area contributed by atoms with Gasteiger partial charge in [0.15, 0.2) is 11.6 Å². The molecule has 0 radical (unpaired) electrons. The Labute approximate surface area is 211 Å². The van der Waals surface area contributed by atoms with Crippen molar-refractivity contribution in [1.82, 2.24) is 0 Å². The largest absolute Gasteiger partial charge is 1.00 e. The number of carbonyl (C=O) groups is 3. The number of nitrogens with one attached hydrogen (secondary N) is 2. The van der Waals surface area contributed by atoms with Crippen LogP contribution in [-0.2, 0) is 14.9 Å². The normalized spacial score (nSPS) is 12.3. The summed E-state index contributed by atoms with van der Waals surface area (Å²) >= 11 is 0. The van der Waals surface area contributed by atoms with Gasteiger partial charge < -0.3 is 16.4 Å². The number of nitrogens with two attached hydrogens (primary N) is 1. The third-order valence-electron chi connectivity index (χ3n) is 4.96. The van der Waals surface area contributed by atoms with Gasteiger partial charge in [0.25, 0.3) is 10.1 Å². The molecule has 0 saturated heterocycles. The van der Waals surface area contributed by atoms with E-state index in [1.54, 1.807) is 36.4 Å². The smallest absolute Gasteiger partial charge is 0.397 e. The molecule has 3 aromatic carbocycles. The molecule has 3 aromatic rings. The average Bonchev–Trinajstić information content (AvgIpc) is 2.73. The van der Waals surface area contributed by atoms with Crippen LogP contribution in [0.2, 0.25) is 0 Å². The molecule has 5 N–H and O–H groups in total. The summed E-state index contributed by atoms with van der Waals surface area (Å²) in [7, 11) is -4.80. The van der Waals surface area contributed by atoms with E-state index in [9.17, 15) is 27.4 Å². The maximum absolute atomic E-state index is 13.2. The van der Waals surface area contributed by atoms with Gasteiger partial charge in [0.05, 0.1) is 22.5 Å². The summed E-state index contributed by atoms with van der Waals surface area (Å²) in [4.78, 5) is 36.9. The summed E-state index contributed by atoms with van der Waals surface area (Å²) in [6.07, 6.45) is 0. The van der Waals surface area contributed by atoms with Crippen molar-refractivity contribution >= 4 is 50.3 Å². The van der Waals surface area contributed by atoms with Gasteiger partial charge in [0.1, 0.15) is 4.90 Å². The monoisotopic (exact) mass is 474 g/mol. The molecular formula is C22H17N3NaO6S+. The van der Waals surface area contributed by atoms with Gasteiger partial charge in [0.2, 0.25) is 5.91 Å². The molecule has 4 rings (SSSR count). The zero-order valence-corrected chi connectivity index (χ0v) is 20.5. The third-order valence-corrected chi connectivity index (χ3v) is 5.86. The number of ketones is 2. The molecule has 0 bridgehead atoms. The molecule has 0 heterocycles. The Balaban J connectivity index is 0.00000306. The number of benzene rings is 3. The van der Waals surface area contributed by atoms with E-state index in [1.165, 1.54) is 19.1 Å². The fourth-order valence-electron chi connectivity index (χ4n) is 3.60. The van der Waals surface area contributed by atoms with Gasteiger partial charge in [-0.3, -0.25) is 18.9 Å². The van der Waals surface area contributed by atoms with Gasteiger partial charge in [-0.05, 0) is 30.3 Å². The molecule has 11 heteroatoms. The summed E-state index contributed by atoms with van der Waals surface area (Å²) in [6, 6.07) is 13.5. The number of fused-ring (bicyclic) bond motifs is 2. The Morgan fingerprint density at radius 1 is 0.909 bits per heavy atom. The SMILES string of the molecule is CC(=O)Nc1ccc(Nc2cc(S(=O)(=O)O)c(N)c3c2C(=O)c2ccccc2C3=O)cc1.[Na+]. The molecule has 1 amide bonds. The van der Waals surface area contributed by atoms with Crippen molar-refractivity contribution < 1.29 is 56.9 Å². The quantitative estimate of drug-likeness (QED) is 0.183. The van der Waals surface area contributed by atoms with Gasteiger partial charge in [-0.2, -0.15) is 8.42 Å². The van der Waals surface area contributed by atoms with Crippen LogP contribution in [0.3, 0.4) is 0 Å². The van der Waals surface area contributed by atoms with Crippen LogP contribution < -0.4 is 45.9 Å². The van der Waals surface area contributed by atoms with Gasteiger partial charge in [-0.25, -0.2) is 0 Å². The van der Waals surface area contributed by atoms with Crippen LogP contribution in [0.1, 0.15) is 38.8 Å². The predicted molar refractivity (Wildman–Crippen MR) is 118 cm³/mol. The molecule has 0 saturated carbocycles. The number of rotatable bonds is 4. The topological polar surface area (TPSA) is 156 Å². The van der Waals surface area contributed by atoms with E-state index in [2.05, 4.69) is 10.6 Å². The Bertz CT molecular complexity index is 1420. The summed E-state index contributed by atoms with van der Waals surface area (Å²) in [5, 5.41) is 5.53. The summed E-state index contributed by atoms with van der Waals surface area (Å²) < 4.78 is 33.5. The molecule has 0 fully saturated rings. The second-order valence-electron chi connectivity index (χ2n) is 7.15. The van der Waals surface area contributed by atoms with Crippen LogP contribution in [0.4, 0.5) is 22.7 Å². The van der Waals surface area contributed by atoms with Gasteiger partial charge in [-0.1, -0.05) is 24.3 Å². The van der Waals surface area contributed by atoms with Crippen molar-refractivity contribution in [3.63, 3.8) is 0 Å². The molecule has 0 aromatic heterocycles. The molecule has 0 unspecified atom stereocenters. The summed E-state index contributed by atoms with van der Waals surface area (Å²) in [5.41, 5.74) is 6.27. The number of hydrogen-bond acceptors (Lipinski definition) is 7. The number of amides is 1. The van der Waals surface area contributed by atoms with E-state index in [0.29, 0.717) is 11.4 Å². The van der Waals surface area contributed by atoms with Gasteiger partial charge in [-0.15, -0.1) is 0 Å². The van der Waals surface area contributed by atoms with E-state index in [-0.39, 0.29) is 63.4 Å². The second kappa shape index (κ2) is 9.08. The molecule has 0 atom stereocenters. The zero-order valence-electron chi connectivity index (χ0n) is 17.7. The fraction of sp³-hybridized carbons (Fsp3) is 0.0455. The van der Waals surface area contributed by atoms with Crippen molar-refractivity contribution in [2.24, 2.45) is 0 Å². The maximum atomic E-state index is 13.2. The Hall–Kier alpha value is -3.02. The molecule has 1 aliphatic carbocycles. The van der Waals surface area contributed by atoms with Crippen molar-refractivity contribution in [3.8, 4) is 0 Å². The standard InChI is InChI=1S/C22H17N3O6S.Na/c1-11(26)24-12-6-8-13(9-7-12)25-16-10-17(32(29,30)31)20(23)19-18(16)21(27)14-4-2-3-5-15(14)22(19)28;/h2-10,25H,23H2,1H3,(H,24,26)(H,29,30,31);/q;+1. The first-order chi connectivity index (χ1) is 15.1. The van der Waals surface area contributed by atoms with Gasteiger partial charge >= 0.3 is 29.6 Å². The van der Waals surface area contributed by atoms with Crippen molar-refractivity contribution in [1.29, 1.82) is 0 Å². The molecule has 1 aliphatic rings. The van der Waals surface area contributed by atoms with Crippen LogP contribution >= 0.6 is 0 Å². The minimum Gasteiger partial charge on any atom is -0.397 e. The fourth-order valence-corrected chi connectivity index (χ4v) is 4.25. The zero-order chi connectivity index (χ0) is 23.2. The molecule has 162 valence electrons. The molecule has 9 nitrogen and oxygen atoms in total. The van der Waals surface area contributed by atoms with Crippen LogP contribution in [0.25, 0.3) is 0 Å². The number of carbonyl (C=O) groups excluding carboxylic acids is 3. The minimum absolute atomic E-state index is 0. The number of nitrogen functional groups attached to an aromatic ring is 1. The predicted octanol–water partition coefficient (Wildman–Crippen LogP) is -0.00310. The third kappa shape index (κ3) is 4.56. The van der Waals surface area contributed by atoms with Crippen LogP contribution in [0, 0.1) is 0 Å². The van der Waals surface area contributed by atoms with E-state index in [1.807, 2.05) is 0 Å². The van der Waals surface area contributed by atoms with Crippen LogP contribution in [0.15, 0.2) is 59.5 Å². The van der Waals surface area contributed by atoms with Crippen LogP contribution in [-0.4, -0.2) is 30.4 Å². The van der Waals surface area contributed by atoms with E-state index >= 15 is 0 Å². The minimum atomic E-state index is -4.80. The van der Waals surface area contributed by atoms with Gasteiger partial charge in [0, 0.05) is 29.4 Å². The molecular weight excluding hydrogens is 457 g/mol. The molecule has 0 spiro atoms. The molecule has 0 aliphatic heterocycles. The summed E-state index contributed by atoms with van der Waals surface area (Å²) in [5.74, 6) is -1.39. The van der Waals surface area contributed by atoms with Crippen molar-refractivity contribution in [2.45, 2.75) is 11.8 Å². The Morgan fingerprint density at radius 2 is 1.42 bits per heavy atom. The van der Waals surface area contributed by atoms with Crippen molar-refractivity contribution in [3.05, 3.63) is 76.9 Å². The first-order valence-corrected chi connectivity index (χ1v) is 10.8. The Kier molecular flexibility index (Phi) is 6.78. The first-order valence-electron chi connectivity index (χ1n) is 9.35. The number of hydrogen-bond donors (Lipinski definition) is 4. The second-order valence-corrected chi connectivity index (χ2v) is 8.54. The van der Waals surface area contributed by atoms with E-state index < -0.39 is 32.3 Å². The maximum Gasteiger partial charge on any atom is 1.00 e. The molecule has 33 heavy (non-hydrogen) atoms.